The number of fused-ring (bicyclic) bond motifs is 1. The maximum absolute atomic E-state index is 12.7. The van der Waals surface area contributed by atoms with Crippen molar-refractivity contribution in [3.05, 3.63) is 59.7 Å². The number of sulfonamides is 1. The molecule has 0 unspecified atom stereocenters. The first-order valence-corrected chi connectivity index (χ1v) is 11.7. The average Bonchev–Trinajstić information content (AvgIpc) is 3.21. The van der Waals surface area contributed by atoms with Crippen LogP contribution in [0.5, 0.6) is 5.75 Å². The molecule has 2 aromatic carbocycles. The van der Waals surface area contributed by atoms with Crippen LogP contribution in [0.4, 0.5) is 0 Å². The summed E-state index contributed by atoms with van der Waals surface area (Å²) in [5.41, 5.74) is 2.76. The average molecular weight is 417 g/mol. The van der Waals surface area contributed by atoms with E-state index in [1.54, 1.807) is 24.3 Å². The highest BCUT2D eigenvalue weighted by atomic mass is 32.2. The van der Waals surface area contributed by atoms with Crippen LogP contribution < -0.4 is 4.74 Å². The number of hydrogen-bond donors (Lipinski definition) is 1. The summed E-state index contributed by atoms with van der Waals surface area (Å²) in [6.07, 6.45) is 2.84. The van der Waals surface area contributed by atoms with Crippen LogP contribution in [0.15, 0.2) is 53.4 Å². The van der Waals surface area contributed by atoms with Crippen LogP contribution in [0.2, 0.25) is 0 Å². The van der Waals surface area contributed by atoms with E-state index < -0.39 is 16.1 Å². The Balaban J connectivity index is 1.24. The Morgan fingerprint density at radius 2 is 1.69 bits per heavy atom. The van der Waals surface area contributed by atoms with Crippen LogP contribution in [-0.4, -0.2) is 68.2 Å². The van der Waals surface area contributed by atoms with Gasteiger partial charge in [-0.1, -0.05) is 24.3 Å². The van der Waals surface area contributed by atoms with Gasteiger partial charge < -0.3 is 9.84 Å². The molecule has 4 rings (SSSR count). The molecule has 1 atom stereocenters. The van der Waals surface area contributed by atoms with Gasteiger partial charge in [0.25, 0.3) is 0 Å². The molecular formula is C22H28N2O4S. The fraction of sp³-hybridized carbons (Fsp3) is 0.455. The molecule has 2 aliphatic rings. The Hall–Kier alpha value is -1.93. The summed E-state index contributed by atoms with van der Waals surface area (Å²) in [6, 6.07) is 14.7. The Labute approximate surface area is 172 Å². The molecule has 1 N–H and O–H groups in total. The van der Waals surface area contributed by atoms with E-state index in [0.29, 0.717) is 37.6 Å². The number of piperazine rings is 1. The summed E-state index contributed by atoms with van der Waals surface area (Å²) in [5, 5.41) is 10.4. The molecule has 0 radical (unpaired) electrons. The van der Waals surface area contributed by atoms with Crippen LogP contribution in [0.3, 0.4) is 0 Å². The first-order chi connectivity index (χ1) is 14.0. The number of aryl methyl sites for hydroxylation is 2. The number of β-amino-alcohol motifs (C(OH)–C–C–N with tert-alkyl or cyclic N) is 1. The predicted octanol–water partition coefficient (Wildman–Crippen LogP) is 1.92. The standard InChI is InChI=1S/C22H28N2O4S/c25-20(17-28-21-10-9-18-5-4-6-19(18)15-21)16-23-11-13-24(14-12-23)29(26,27)22-7-2-1-3-8-22/h1-3,7-10,15,20,25H,4-6,11-14,16-17H2/t20-/m1/s1. The lowest BCUT2D eigenvalue weighted by molar-refractivity contribution is 0.0569. The van der Waals surface area contributed by atoms with Crippen LogP contribution in [0.25, 0.3) is 0 Å². The number of hydrogen-bond acceptors (Lipinski definition) is 5. The Bertz CT molecular complexity index is 925. The van der Waals surface area contributed by atoms with Crippen molar-refractivity contribution in [2.45, 2.75) is 30.3 Å². The third-order valence-corrected chi connectivity index (χ3v) is 7.61. The number of benzene rings is 2. The molecule has 7 heteroatoms. The number of aliphatic hydroxyl groups excluding tert-OH is 1. The molecule has 1 fully saturated rings. The second-order valence-corrected chi connectivity index (χ2v) is 9.70. The van der Waals surface area contributed by atoms with Crippen molar-refractivity contribution in [2.24, 2.45) is 0 Å². The maximum Gasteiger partial charge on any atom is 0.243 e. The Morgan fingerprint density at radius 1 is 0.966 bits per heavy atom. The number of ether oxygens (including phenoxy) is 1. The highest BCUT2D eigenvalue weighted by Gasteiger charge is 2.29. The lowest BCUT2D eigenvalue weighted by Crippen LogP contribution is -2.50. The van der Waals surface area contributed by atoms with Gasteiger partial charge in [-0.3, -0.25) is 4.90 Å². The van der Waals surface area contributed by atoms with E-state index in [2.05, 4.69) is 17.0 Å². The second-order valence-electron chi connectivity index (χ2n) is 7.77. The number of aliphatic hydroxyl groups is 1. The van der Waals surface area contributed by atoms with Gasteiger partial charge in [-0.2, -0.15) is 4.31 Å². The van der Waals surface area contributed by atoms with Crippen molar-refractivity contribution in [3.8, 4) is 5.75 Å². The fourth-order valence-electron chi connectivity index (χ4n) is 4.08. The van der Waals surface area contributed by atoms with Gasteiger partial charge in [-0.05, 0) is 54.7 Å². The zero-order valence-electron chi connectivity index (χ0n) is 16.5. The molecule has 29 heavy (non-hydrogen) atoms. The van der Waals surface area contributed by atoms with Crippen LogP contribution in [0.1, 0.15) is 17.5 Å². The molecule has 1 aliphatic carbocycles. The van der Waals surface area contributed by atoms with E-state index in [-0.39, 0.29) is 6.61 Å². The summed E-state index contributed by atoms with van der Waals surface area (Å²) in [6.45, 7) is 2.76. The summed E-state index contributed by atoms with van der Waals surface area (Å²) >= 11 is 0. The van der Waals surface area contributed by atoms with Gasteiger partial charge in [-0.25, -0.2) is 8.42 Å². The minimum atomic E-state index is -3.45. The molecule has 0 amide bonds. The molecule has 0 saturated carbocycles. The number of rotatable bonds is 7. The van der Waals surface area contributed by atoms with Gasteiger partial charge in [0.15, 0.2) is 0 Å². The van der Waals surface area contributed by atoms with Gasteiger partial charge in [0.2, 0.25) is 10.0 Å². The predicted molar refractivity (Wildman–Crippen MR) is 112 cm³/mol. The van der Waals surface area contributed by atoms with Crippen molar-refractivity contribution in [1.82, 2.24) is 9.21 Å². The van der Waals surface area contributed by atoms with E-state index in [1.165, 1.54) is 21.9 Å². The van der Waals surface area contributed by atoms with Crippen molar-refractivity contribution in [2.75, 3.05) is 39.3 Å². The second kappa shape index (κ2) is 8.83. The molecular weight excluding hydrogens is 388 g/mol. The summed E-state index contributed by atoms with van der Waals surface area (Å²) in [7, 11) is -3.45. The zero-order valence-corrected chi connectivity index (χ0v) is 17.4. The fourth-order valence-corrected chi connectivity index (χ4v) is 5.52. The van der Waals surface area contributed by atoms with E-state index in [1.807, 2.05) is 12.1 Å². The van der Waals surface area contributed by atoms with E-state index in [4.69, 9.17) is 4.74 Å². The van der Waals surface area contributed by atoms with E-state index in [9.17, 15) is 13.5 Å². The van der Waals surface area contributed by atoms with Gasteiger partial charge in [0, 0.05) is 32.7 Å². The smallest absolute Gasteiger partial charge is 0.243 e. The third kappa shape index (κ3) is 4.80. The van der Waals surface area contributed by atoms with Gasteiger partial charge in [0.05, 0.1) is 4.90 Å². The minimum Gasteiger partial charge on any atom is -0.491 e. The third-order valence-electron chi connectivity index (χ3n) is 5.69. The normalized spacial score (nSPS) is 19.1. The van der Waals surface area contributed by atoms with E-state index >= 15 is 0 Å². The SMILES string of the molecule is O=S(=O)(c1ccccc1)N1CCN(C[C@@H](O)COc2ccc3c(c2)CCC3)CC1. The molecule has 0 aromatic heterocycles. The Kier molecular flexibility index (Phi) is 6.20. The first kappa shape index (κ1) is 20.3. The molecule has 1 aliphatic heterocycles. The molecule has 2 aromatic rings. The monoisotopic (exact) mass is 416 g/mol. The highest BCUT2D eigenvalue weighted by Crippen LogP contribution is 2.26. The largest absolute Gasteiger partial charge is 0.491 e. The lowest BCUT2D eigenvalue weighted by Gasteiger charge is -2.34. The van der Waals surface area contributed by atoms with Crippen molar-refractivity contribution in [3.63, 3.8) is 0 Å². The zero-order chi connectivity index (χ0) is 20.3. The topological polar surface area (TPSA) is 70.1 Å². The quantitative estimate of drug-likeness (QED) is 0.747. The van der Waals surface area contributed by atoms with E-state index in [0.717, 1.165) is 18.6 Å². The molecule has 6 nitrogen and oxygen atoms in total. The summed E-state index contributed by atoms with van der Waals surface area (Å²) in [5.74, 6) is 0.809. The summed E-state index contributed by atoms with van der Waals surface area (Å²) in [4.78, 5) is 2.42. The van der Waals surface area contributed by atoms with Crippen LogP contribution in [0, 0.1) is 0 Å². The van der Waals surface area contributed by atoms with Crippen LogP contribution in [-0.2, 0) is 22.9 Å². The molecule has 0 spiro atoms. The van der Waals surface area contributed by atoms with Gasteiger partial charge in [0.1, 0.15) is 18.5 Å². The van der Waals surface area contributed by atoms with Gasteiger partial charge in [-0.15, -0.1) is 0 Å². The van der Waals surface area contributed by atoms with Crippen LogP contribution >= 0.6 is 0 Å². The lowest BCUT2D eigenvalue weighted by atomic mass is 10.1. The maximum atomic E-state index is 12.7. The first-order valence-electron chi connectivity index (χ1n) is 10.2. The molecule has 1 saturated heterocycles. The highest BCUT2D eigenvalue weighted by molar-refractivity contribution is 7.89. The molecule has 0 bridgehead atoms. The molecule has 1 heterocycles. The minimum absolute atomic E-state index is 0.237. The van der Waals surface area contributed by atoms with Crippen molar-refractivity contribution >= 4 is 10.0 Å². The van der Waals surface area contributed by atoms with Gasteiger partial charge >= 0.3 is 0 Å². The number of nitrogens with zero attached hydrogens (tertiary/aromatic N) is 2. The Morgan fingerprint density at radius 3 is 2.45 bits per heavy atom. The van der Waals surface area contributed by atoms with Crippen molar-refractivity contribution in [1.29, 1.82) is 0 Å². The van der Waals surface area contributed by atoms with Crippen molar-refractivity contribution < 1.29 is 18.3 Å². The summed E-state index contributed by atoms with van der Waals surface area (Å²) < 4.78 is 32.7. The molecule has 156 valence electrons.